The first-order chi connectivity index (χ1) is 7.18. The third-order valence-electron chi connectivity index (χ3n) is 2.18. The van der Waals surface area contributed by atoms with Crippen LogP contribution in [0.4, 0.5) is 10.1 Å². The summed E-state index contributed by atoms with van der Waals surface area (Å²) in [4.78, 5) is 0. The molecule has 0 fully saturated rings. The van der Waals surface area contributed by atoms with Crippen molar-refractivity contribution in [3.05, 3.63) is 53.3 Å². The number of anilines is 1. The Morgan fingerprint density at radius 3 is 2.40 bits per heavy atom. The summed E-state index contributed by atoms with van der Waals surface area (Å²) in [6, 6.07) is 11.6. The van der Waals surface area contributed by atoms with Crippen molar-refractivity contribution in [2.45, 2.75) is 0 Å². The summed E-state index contributed by atoms with van der Waals surface area (Å²) in [5, 5.41) is 0.607. The number of nitrogens with two attached hydrogens (primary N) is 1. The highest BCUT2D eigenvalue weighted by Gasteiger charge is 2.06. The average molecular weight is 222 g/mol. The monoisotopic (exact) mass is 221 g/mol. The lowest BCUT2D eigenvalue weighted by molar-refractivity contribution is 0.628. The smallest absolute Gasteiger partial charge is 0.125 e. The minimum Gasteiger partial charge on any atom is -0.398 e. The molecule has 2 rings (SSSR count). The summed E-state index contributed by atoms with van der Waals surface area (Å²) in [7, 11) is 0. The molecule has 0 amide bonds. The normalized spacial score (nSPS) is 10.3. The Balaban J connectivity index is 2.60. The van der Waals surface area contributed by atoms with Crippen molar-refractivity contribution >= 4 is 17.3 Å². The Kier molecular flexibility index (Phi) is 2.60. The first kappa shape index (κ1) is 9.99. The minimum absolute atomic E-state index is 0.344. The molecule has 0 saturated carbocycles. The van der Waals surface area contributed by atoms with Crippen LogP contribution in [-0.4, -0.2) is 0 Å². The van der Waals surface area contributed by atoms with Crippen molar-refractivity contribution in [2.24, 2.45) is 0 Å². The first-order valence-electron chi connectivity index (χ1n) is 4.48. The lowest BCUT2D eigenvalue weighted by atomic mass is 10.0. The molecule has 1 nitrogen and oxygen atoms in total. The topological polar surface area (TPSA) is 26.0 Å². The maximum atomic E-state index is 12.9. The lowest BCUT2D eigenvalue weighted by Crippen LogP contribution is -1.91. The predicted octanol–water partition coefficient (Wildman–Crippen LogP) is 3.73. The molecule has 0 aliphatic heterocycles. The predicted molar refractivity (Wildman–Crippen MR) is 61.3 cm³/mol. The summed E-state index contributed by atoms with van der Waals surface area (Å²) in [6.45, 7) is 0. The van der Waals surface area contributed by atoms with Crippen molar-refractivity contribution in [3.63, 3.8) is 0 Å². The summed E-state index contributed by atoms with van der Waals surface area (Å²) < 4.78 is 12.9. The molecule has 0 saturated heterocycles. The van der Waals surface area contributed by atoms with Crippen LogP contribution in [0.5, 0.6) is 0 Å². The zero-order valence-electron chi connectivity index (χ0n) is 7.87. The van der Waals surface area contributed by atoms with Gasteiger partial charge in [0.2, 0.25) is 0 Å². The van der Waals surface area contributed by atoms with E-state index in [1.54, 1.807) is 12.1 Å². The third kappa shape index (κ3) is 1.95. The van der Waals surface area contributed by atoms with E-state index in [0.29, 0.717) is 10.7 Å². The first-order valence-corrected chi connectivity index (χ1v) is 4.86. The van der Waals surface area contributed by atoms with Gasteiger partial charge in [-0.3, -0.25) is 0 Å². The van der Waals surface area contributed by atoms with E-state index in [1.807, 2.05) is 18.2 Å². The van der Waals surface area contributed by atoms with Gasteiger partial charge >= 0.3 is 0 Å². The van der Waals surface area contributed by atoms with E-state index in [4.69, 9.17) is 17.3 Å². The zero-order chi connectivity index (χ0) is 10.8. The Hall–Kier alpha value is -1.54. The van der Waals surface area contributed by atoms with Crippen LogP contribution in [0, 0.1) is 5.82 Å². The molecule has 76 valence electrons. The van der Waals surface area contributed by atoms with Crippen molar-refractivity contribution in [2.75, 3.05) is 5.73 Å². The molecule has 15 heavy (non-hydrogen) atoms. The number of rotatable bonds is 1. The molecule has 0 aliphatic rings. The van der Waals surface area contributed by atoms with Crippen LogP contribution >= 0.6 is 11.6 Å². The number of benzene rings is 2. The van der Waals surface area contributed by atoms with Crippen LogP contribution in [0.25, 0.3) is 11.1 Å². The van der Waals surface area contributed by atoms with Crippen molar-refractivity contribution in [1.82, 2.24) is 0 Å². The van der Waals surface area contributed by atoms with E-state index < -0.39 is 0 Å². The highest BCUT2D eigenvalue weighted by atomic mass is 35.5. The van der Waals surface area contributed by atoms with Crippen LogP contribution in [0.1, 0.15) is 0 Å². The van der Waals surface area contributed by atoms with E-state index in [9.17, 15) is 4.39 Å². The number of halogens is 2. The van der Waals surface area contributed by atoms with Gasteiger partial charge in [0.05, 0.1) is 0 Å². The second kappa shape index (κ2) is 3.91. The zero-order valence-corrected chi connectivity index (χ0v) is 8.63. The molecule has 0 aromatic heterocycles. The summed E-state index contributed by atoms with van der Waals surface area (Å²) >= 11 is 6.02. The maximum absolute atomic E-state index is 12.9. The SMILES string of the molecule is Nc1cc(F)ccc1-c1ccccc1Cl. The lowest BCUT2D eigenvalue weighted by Gasteiger charge is -2.07. The fourth-order valence-electron chi connectivity index (χ4n) is 1.46. The highest BCUT2D eigenvalue weighted by molar-refractivity contribution is 6.33. The van der Waals surface area contributed by atoms with Gasteiger partial charge in [-0.1, -0.05) is 29.8 Å². The molecule has 3 heteroatoms. The largest absolute Gasteiger partial charge is 0.398 e. The van der Waals surface area contributed by atoms with Crippen LogP contribution in [0.15, 0.2) is 42.5 Å². The van der Waals surface area contributed by atoms with Gasteiger partial charge in [-0.15, -0.1) is 0 Å². The Morgan fingerprint density at radius 2 is 1.73 bits per heavy atom. The molecule has 2 aromatic carbocycles. The van der Waals surface area contributed by atoms with Crippen LogP contribution in [0.3, 0.4) is 0 Å². The Bertz CT molecular complexity index is 497. The molecular weight excluding hydrogens is 213 g/mol. The second-order valence-corrected chi connectivity index (χ2v) is 3.62. The summed E-state index contributed by atoms with van der Waals surface area (Å²) in [6.07, 6.45) is 0. The van der Waals surface area contributed by atoms with Gasteiger partial charge in [-0.05, 0) is 24.3 Å². The molecule has 2 aromatic rings. The number of nitrogen functional groups attached to an aromatic ring is 1. The van der Waals surface area contributed by atoms with E-state index in [1.165, 1.54) is 12.1 Å². The number of hydrogen-bond donors (Lipinski definition) is 1. The molecular formula is C12H9ClFN. The molecule has 2 N–H and O–H groups in total. The Morgan fingerprint density at radius 1 is 1.00 bits per heavy atom. The highest BCUT2D eigenvalue weighted by Crippen LogP contribution is 2.31. The molecule has 0 atom stereocenters. The minimum atomic E-state index is -0.344. The standard InChI is InChI=1S/C12H9ClFN/c13-11-4-2-1-3-9(11)10-6-5-8(14)7-12(10)15/h1-7H,15H2. The van der Waals surface area contributed by atoms with Crippen LogP contribution in [-0.2, 0) is 0 Å². The van der Waals surface area contributed by atoms with Gasteiger partial charge < -0.3 is 5.73 Å². The summed E-state index contributed by atoms with van der Waals surface area (Å²) in [5.41, 5.74) is 7.68. The van der Waals surface area contributed by atoms with E-state index >= 15 is 0 Å². The van der Waals surface area contributed by atoms with Crippen molar-refractivity contribution in [1.29, 1.82) is 0 Å². The molecule has 0 spiro atoms. The fourth-order valence-corrected chi connectivity index (χ4v) is 1.70. The van der Waals surface area contributed by atoms with Crippen LogP contribution < -0.4 is 5.73 Å². The third-order valence-corrected chi connectivity index (χ3v) is 2.51. The van der Waals surface area contributed by atoms with Gasteiger partial charge in [0.25, 0.3) is 0 Å². The van der Waals surface area contributed by atoms with Gasteiger partial charge in [0.1, 0.15) is 5.82 Å². The van der Waals surface area contributed by atoms with Crippen molar-refractivity contribution in [3.8, 4) is 11.1 Å². The van der Waals surface area contributed by atoms with Gasteiger partial charge in [0.15, 0.2) is 0 Å². The van der Waals surface area contributed by atoms with E-state index in [2.05, 4.69) is 0 Å². The van der Waals surface area contributed by atoms with Gasteiger partial charge in [-0.2, -0.15) is 0 Å². The van der Waals surface area contributed by atoms with E-state index in [-0.39, 0.29) is 5.82 Å². The fraction of sp³-hybridized carbons (Fsp3) is 0. The second-order valence-electron chi connectivity index (χ2n) is 3.21. The summed E-state index contributed by atoms with van der Waals surface area (Å²) in [5.74, 6) is -0.344. The average Bonchev–Trinajstić information content (AvgIpc) is 2.20. The molecule has 0 unspecified atom stereocenters. The van der Waals surface area contributed by atoms with Gasteiger partial charge in [0, 0.05) is 21.8 Å². The quantitative estimate of drug-likeness (QED) is 0.730. The number of hydrogen-bond acceptors (Lipinski definition) is 1. The molecule has 0 radical (unpaired) electrons. The Labute approximate surface area is 92.3 Å². The molecule has 0 bridgehead atoms. The maximum Gasteiger partial charge on any atom is 0.125 e. The van der Waals surface area contributed by atoms with Crippen molar-refractivity contribution < 1.29 is 4.39 Å². The van der Waals surface area contributed by atoms with E-state index in [0.717, 1.165) is 11.1 Å². The molecule has 0 aliphatic carbocycles. The molecule has 0 heterocycles. The van der Waals surface area contributed by atoms with Gasteiger partial charge in [-0.25, -0.2) is 4.39 Å². The van der Waals surface area contributed by atoms with Crippen LogP contribution in [0.2, 0.25) is 5.02 Å².